The summed E-state index contributed by atoms with van der Waals surface area (Å²) >= 11 is 0. The molecule has 0 aliphatic carbocycles. The van der Waals surface area contributed by atoms with Crippen molar-refractivity contribution in [3.8, 4) is 16.9 Å². The lowest BCUT2D eigenvalue weighted by Gasteiger charge is -2.19. The first kappa shape index (κ1) is 21.7. The highest BCUT2D eigenvalue weighted by molar-refractivity contribution is 5.68. The van der Waals surface area contributed by atoms with Crippen LogP contribution in [0.5, 0.6) is 5.75 Å². The molecule has 5 aromatic carbocycles. The SMILES string of the molecule is Oc1ccc(-c2cc(Cc3ccccc3)c(Cc3ccccc3)c(Cc3ccccc3)c2)cc1. The first-order chi connectivity index (χ1) is 16.7. The third-order valence-electron chi connectivity index (χ3n) is 6.33. The molecule has 0 aliphatic heterocycles. The molecule has 5 rings (SSSR count). The van der Waals surface area contributed by atoms with Crippen molar-refractivity contribution in [3.05, 3.63) is 161 Å². The summed E-state index contributed by atoms with van der Waals surface area (Å²) in [4.78, 5) is 0. The highest BCUT2D eigenvalue weighted by atomic mass is 16.3. The Hall–Kier alpha value is -4.10. The largest absolute Gasteiger partial charge is 0.508 e. The summed E-state index contributed by atoms with van der Waals surface area (Å²) < 4.78 is 0. The highest BCUT2D eigenvalue weighted by Crippen LogP contribution is 2.31. The molecule has 1 N–H and O–H groups in total. The molecule has 0 amide bonds. The number of phenols is 1. The van der Waals surface area contributed by atoms with Gasteiger partial charge in [0.15, 0.2) is 0 Å². The monoisotopic (exact) mass is 440 g/mol. The first-order valence-electron chi connectivity index (χ1n) is 11.8. The maximum Gasteiger partial charge on any atom is 0.115 e. The van der Waals surface area contributed by atoms with Gasteiger partial charge >= 0.3 is 0 Å². The molecule has 0 radical (unpaired) electrons. The van der Waals surface area contributed by atoms with Gasteiger partial charge in [-0.25, -0.2) is 0 Å². The molecule has 0 aromatic heterocycles. The van der Waals surface area contributed by atoms with E-state index in [1.54, 1.807) is 12.1 Å². The third-order valence-corrected chi connectivity index (χ3v) is 6.33. The molecule has 0 saturated heterocycles. The second-order valence-corrected chi connectivity index (χ2v) is 8.81. The lowest BCUT2D eigenvalue weighted by molar-refractivity contribution is 0.475. The first-order valence-corrected chi connectivity index (χ1v) is 11.8. The molecule has 1 nitrogen and oxygen atoms in total. The minimum absolute atomic E-state index is 0.290. The van der Waals surface area contributed by atoms with E-state index < -0.39 is 0 Å². The minimum atomic E-state index is 0.290. The van der Waals surface area contributed by atoms with E-state index in [-0.39, 0.29) is 0 Å². The van der Waals surface area contributed by atoms with Crippen LogP contribution in [0.15, 0.2) is 127 Å². The second-order valence-electron chi connectivity index (χ2n) is 8.81. The molecular formula is C33H28O. The zero-order chi connectivity index (χ0) is 23.2. The molecular weight excluding hydrogens is 412 g/mol. The van der Waals surface area contributed by atoms with Gasteiger partial charge in [-0.2, -0.15) is 0 Å². The Labute approximate surface area is 202 Å². The van der Waals surface area contributed by atoms with Gasteiger partial charge in [-0.3, -0.25) is 0 Å². The molecule has 0 heterocycles. The maximum absolute atomic E-state index is 9.81. The molecule has 0 unspecified atom stereocenters. The fraction of sp³-hybridized carbons (Fsp3) is 0.0909. The van der Waals surface area contributed by atoms with Gasteiger partial charge in [0.25, 0.3) is 0 Å². The molecule has 0 spiro atoms. The van der Waals surface area contributed by atoms with E-state index in [2.05, 4.69) is 103 Å². The number of hydrogen-bond acceptors (Lipinski definition) is 1. The quantitative estimate of drug-likeness (QED) is 0.273. The summed E-state index contributed by atoms with van der Waals surface area (Å²) in [5.41, 5.74) is 10.4. The fourth-order valence-corrected chi connectivity index (χ4v) is 4.59. The summed E-state index contributed by atoms with van der Waals surface area (Å²) in [7, 11) is 0. The molecule has 166 valence electrons. The zero-order valence-corrected chi connectivity index (χ0v) is 19.2. The van der Waals surface area contributed by atoms with Crippen LogP contribution < -0.4 is 0 Å². The number of benzene rings is 5. The van der Waals surface area contributed by atoms with Crippen molar-refractivity contribution >= 4 is 0 Å². The Morgan fingerprint density at radius 1 is 0.412 bits per heavy atom. The van der Waals surface area contributed by atoms with Crippen LogP contribution in [0.2, 0.25) is 0 Å². The van der Waals surface area contributed by atoms with E-state index in [4.69, 9.17) is 0 Å². The summed E-state index contributed by atoms with van der Waals surface area (Å²) in [6, 6.07) is 44.4. The normalized spacial score (nSPS) is 10.8. The van der Waals surface area contributed by atoms with Gasteiger partial charge in [-0.15, -0.1) is 0 Å². The minimum Gasteiger partial charge on any atom is -0.508 e. The van der Waals surface area contributed by atoms with Gasteiger partial charge in [0.05, 0.1) is 0 Å². The number of hydrogen-bond donors (Lipinski definition) is 1. The van der Waals surface area contributed by atoms with Gasteiger partial charge in [-0.05, 0) is 75.9 Å². The van der Waals surface area contributed by atoms with Crippen LogP contribution >= 0.6 is 0 Å². The van der Waals surface area contributed by atoms with Crippen molar-refractivity contribution in [2.75, 3.05) is 0 Å². The summed E-state index contributed by atoms with van der Waals surface area (Å²) in [5, 5.41) is 9.81. The Kier molecular flexibility index (Phi) is 6.54. The molecule has 0 aliphatic rings. The van der Waals surface area contributed by atoms with Crippen molar-refractivity contribution < 1.29 is 5.11 Å². The smallest absolute Gasteiger partial charge is 0.115 e. The van der Waals surface area contributed by atoms with Crippen LogP contribution in [-0.4, -0.2) is 5.11 Å². The van der Waals surface area contributed by atoms with Gasteiger partial charge in [0.1, 0.15) is 5.75 Å². The molecule has 0 saturated carbocycles. The highest BCUT2D eigenvalue weighted by Gasteiger charge is 2.14. The van der Waals surface area contributed by atoms with Crippen LogP contribution in [-0.2, 0) is 19.3 Å². The Bertz CT molecular complexity index is 1280. The third kappa shape index (κ3) is 5.27. The Balaban J connectivity index is 1.66. The lowest BCUT2D eigenvalue weighted by atomic mass is 9.86. The summed E-state index contributed by atoms with van der Waals surface area (Å²) in [5.74, 6) is 0.290. The molecule has 5 aromatic rings. The van der Waals surface area contributed by atoms with Crippen LogP contribution in [0.4, 0.5) is 0 Å². The van der Waals surface area contributed by atoms with Gasteiger partial charge in [0, 0.05) is 0 Å². The van der Waals surface area contributed by atoms with Gasteiger partial charge in [-0.1, -0.05) is 115 Å². The topological polar surface area (TPSA) is 20.2 Å². The molecule has 0 bridgehead atoms. The average Bonchev–Trinajstić information content (AvgIpc) is 2.88. The average molecular weight is 441 g/mol. The van der Waals surface area contributed by atoms with Gasteiger partial charge < -0.3 is 5.11 Å². The zero-order valence-electron chi connectivity index (χ0n) is 19.2. The molecule has 0 fully saturated rings. The van der Waals surface area contributed by atoms with Crippen LogP contribution in [0, 0.1) is 0 Å². The number of rotatable bonds is 7. The van der Waals surface area contributed by atoms with E-state index >= 15 is 0 Å². The predicted molar refractivity (Wildman–Crippen MR) is 141 cm³/mol. The van der Waals surface area contributed by atoms with Crippen LogP contribution in [0.3, 0.4) is 0 Å². The van der Waals surface area contributed by atoms with Crippen LogP contribution in [0.25, 0.3) is 11.1 Å². The standard InChI is InChI=1S/C33H28O/c34-32-18-16-28(17-19-32)29-23-30(20-25-10-4-1-5-11-25)33(22-27-14-8-3-9-15-27)31(24-29)21-26-12-6-2-7-13-26/h1-19,23-24,34H,20-22H2. The van der Waals surface area contributed by atoms with Crippen molar-refractivity contribution in [2.45, 2.75) is 19.3 Å². The van der Waals surface area contributed by atoms with E-state index in [1.807, 2.05) is 12.1 Å². The Morgan fingerprint density at radius 2 is 0.824 bits per heavy atom. The van der Waals surface area contributed by atoms with Crippen molar-refractivity contribution in [1.82, 2.24) is 0 Å². The second kappa shape index (κ2) is 10.2. The number of aromatic hydroxyl groups is 1. The predicted octanol–water partition coefficient (Wildman–Crippen LogP) is 7.83. The van der Waals surface area contributed by atoms with Crippen molar-refractivity contribution in [2.24, 2.45) is 0 Å². The molecule has 0 atom stereocenters. The van der Waals surface area contributed by atoms with E-state index in [9.17, 15) is 5.11 Å². The number of phenolic OH excluding ortho intramolecular Hbond substituents is 1. The molecule has 1 heteroatoms. The maximum atomic E-state index is 9.81. The van der Waals surface area contributed by atoms with E-state index in [1.165, 1.54) is 38.9 Å². The van der Waals surface area contributed by atoms with E-state index in [0.29, 0.717) is 5.75 Å². The summed E-state index contributed by atoms with van der Waals surface area (Å²) in [6.45, 7) is 0. The molecule has 34 heavy (non-hydrogen) atoms. The van der Waals surface area contributed by atoms with Crippen LogP contribution in [0.1, 0.15) is 33.4 Å². The lowest BCUT2D eigenvalue weighted by Crippen LogP contribution is -2.05. The van der Waals surface area contributed by atoms with Gasteiger partial charge in [0.2, 0.25) is 0 Å². The summed E-state index contributed by atoms with van der Waals surface area (Å²) in [6.07, 6.45) is 2.68. The van der Waals surface area contributed by atoms with Crippen molar-refractivity contribution in [1.29, 1.82) is 0 Å². The van der Waals surface area contributed by atoms with E-state index in [0.717, 1.165) is 24.8 Å². The fourth-order valence-electron chi connectivity index (χ4n) is 4.59. The van der Waals surface area contributed by atoms with Crippen molar-refractivity contribution in [3.63, 3.8) is 0 Å². The Morgan fingerprint density at radius 3 is 1.26 bits per heavy atom.